The minimum absolute atomic E-state index is 0.0106. The van der Waals surface area contributed by atoms with Crippen LogP contribution < -0.4 is 10.2 Å². The maximum atomic E-state index is 12.7. The van der Waals surface area contributed by atoms with Gasteiger partial charge in [-0.2, -0.15) is 0 Å². The van der Waals surface area contributed by atoms with Crippen molar-refractivity contribution in [1.82, 2.24) is 5.32 Å². The van der Waals surface area contributed by atoms with E-state index in [-0.39, 0.29) is 24.2 Å². The Bertz CT molecular complexity index is 830. The number of para-hydroxylation sites is 1. The fourth-order valence-electron chi connectivity index (χ4n) is 3.91. The molecule has 0 bridgehead atoms. The molecule has 3 rings (SSSR count). The van der Waals surface area contributed by atoms with Crippen LogP contribution >= 0.6 is 0 Å². The van der Waals surface area contributed by atoms with E-state index in [9.17, 15) is 9.59 Å². The van der Waals surface area contributed by atoms with Crippen LogP contribution in [0.15, 0.2) is 48.5 Å². The normalized spacial score (nSPS) is 16.6. The molecule has 1 fully saturated rings. The van der Waals surface area contributed by atoms with Crippen LogP contribution in [0.5, 0.6) is 0 Å². The highest BCUT2D eigenvalue weighted by Crippen LogP contribution is 2.34. The maximum Gasteiger partial charge on any atom is 0.227 e. The quantitative estimate of drug-likeness (QED) is 0.734. The molecule has 0 radical (unpaired) electrons. The van der Waals surface area contributed by atoms with Crippen molar-refractivity contribution in [2.45, 2.75) is 46.0 Å². The Labute approximate surface area is 167 Å². The van der Waals surface area contributed by atoms with Crippen LogP contribution in [-0.4, -0.2) is 24.9 Å². The third-order valence-corrected chi connectivity index (χ3v) is 5.44. The lowest BCUT2D eigenvalue weighted by atomic mass is 9.97. The van der Waals surface area contributed by atoms with Crippen molar-refractivity contribution in [3.63, 3.8) is 0 Å². The molecular formula is C24H30N2O2. The predicted octanol–water partition coefficient (Wildman–Crippen LogP) is 4.22. The zero-order chi connectivity index (χ0) is 20.1. The first-order valence-corrected chi connectivity index (χ1v) is 10.2. The van der Waals surface area contributed by atoms with E-state index in [0.29, 0.717) is 19.0 Å². The molecule has 2 aromatic rings. The van der Waals surface area contributed by atoms with Gasteiger partial charge in [-0.3, -0.25) is 9.59 Å². The molecule has 2 aromatic carbocycles. The topological polar surface area (TPSA) is 49.4 Å². The van der Waals surface area contributed by atoms with E-state index in [4.69, 9.17) is 0 Å². The fourth-order valence-corrected chi connectivity index (χ4v) is 3.91. The lowest BCUT2D eigenvalue weighted by Crippen LogP contribution is -2.34. The van der Waals surface area contributed by atoms with E-state index in [1.807, 2.05) is 42.2 Å². The Morgan fingerprint density at radius 3 is 2.61 bits per heavy atom. The van der Waals surface area contributed by atoms with Crippen LogP contribution in [-0.2, 0) is 16.0 Å². The van der Waals surface area contributed by atoms with Crippen LogP contribution in [0.1, 0.15) is 49.3 Å². The van der Waals surface area contributed by atoms with Gasteiger partial charge in [-0.25, -0.2) is 0 Å². The summed E-state index contributed by atoms with van der Waals surface area (Å²) in [5, 5.41) is 3.02. The number of aryl methyl sites for hydroxylation is 2. The number of carbonyl (C=O) groups excluding carboxylic acids is 2. The first-order chi connectivity index (χ1) is 13.5. The standard InChI is InChI=1S/C24H30N2O2/c1-17(2)21-13-7-9-18(3)23(21)26-16-20(15-22(26)27)24(28)25-14-8-12-19-10-5-4-6-11-19/h4-7,9-11,13,17,20H,8,12,14-16H2,1-3H3,(H,25,28). The summed E-state index contributed by atoms with van der Waals surface area (Å²) in [7, 11) is 0. The molecule has 0 aromatic heterocycles. The summed E-state index contributed by atoms with van der Waals surface area (Å²) in [6.07, 6.45) is 2.13. The number of rotatable bonds is 7. The second-order valence-electron chi connectivity index (χ2n) is 7.95. The highest BCUT2D eigenvalue weighted by atomic mass is 16.2. The predicted molar refractivity (Wildman–Crippen MR) is 114 cm³/mol. The van der Waals surface area contributed by atoms with Crippen molar-refractivity contribution in [3.05, 3.63) is 65.2 Å². The Hall–Kier alpha value is -2.62. The third-order valence-electron chi connectivity index (χ3n) is 5.44. The van der Waals surface area contributed by atoms with Gasteiger partial charge in [0.15, 0.2) is 0 Å². The number of amides is 2. The average molecular weight is 379 g/mol. The molecule has 1 heterocycles. The molecular weight excluding hydrogens is 348 g/mol. The van der Waals surface area contributed by atoms with Crippen LogP contribution in [0.3, 0.4) is 0 Å². The minimum Gasteiger partial charge on any atom is -0.356 e. The molecule has 0 aliphatic carbocycles. The molecule has 0 spiro atoms. The zero-order valence-electron chi connectivity index (χ0n) is 17.1. The fraction of sp³-hybridized carbons (Fsp3) is 0.417. The summed E-state index contributed by atoms with van der Waals surface area (Å²) in [6.45, 7) is 7.41. The van der Waals surface area contributed by atoms with E-state index >= 15 is 0 Å². The molecule has 2 amide bonds. The smallest absolute Gasteiger partial charge is 0.227 e. The Kier molecular flexibility index (Phi) is 6.50. The van der Waals surface area contributed by atoms with Crippen LogP contribution in [0.25, 0.3) is 0 Å². The van der Waals surface area contributed by atoms with Crippen molar-refractivity contribution in [2.75, 3.05) is 18.0 Å². The lowest BCUT2D eigenvalue weighted by molar-refractivity contribution is -0.126. The van der Waals surface area contributed by atoms with Crippen LogP contribution in [0, 0.1) is 12.8 Å². The van der Waals surface area contributed by atoms with Gasteiger partial charge < -0.3 is 10.2 Å². The zero-order valence-corrected chi connectivity index (χ0v) is 17.1. The molecule has 1 N–H and O–H groups in total. The van der Waals surface area contributed by atoms with Crippen LogP contribution in [0.4, 0.5) is 5.69 Å². The Morgan fingerprint density at radius 1 is 1.14 bits per heavy atom. The molecule has 1 aliphatic rings. The summed E-state index contributed by atoms with van der Waals surface area (Å²) in [6, 6.07) is 16.4. The third kappa shape index (κ3) is 4.61. The first kappa shape index (κ1) is 20.1. The van der Waals surface area contributed by atoms with Crippen molar-refractivity contribution in [2.24, 2.45) is 5.92 Å². The van der Waals surface area contributed by atoms with Gasteiger partial charge >= 0.3 is 0 Å². The Balaban J connectivity index is 1.58. The number of nitrogens with one attached hydrogen (secondary N) is 1. The average Bonchev–Trinajstić information content (AvgIpc) is 3.07. The SMILES string of the molecule is Cc1cccc(C(C)C)c1N1CC(C(=O)NCCCc2ccccc2)CC1=O. The second kappa shape index (κ2) is 9.05. The van der Waals surface area contributed by atoms with Gasteiger partial charge in [-0.05, 0) is 42.4 Å². The number of nitrogens with zero attached hydrogens (tertiary/aromatic N) is 1. The van der Waals surface area contributed by atoms with Gasteiger partial charge in [0.25, 0.3) is 0 Å². The molecule has 1 aliphatic heterocycles. The van der Waals surface area contributed by atoms with Gasteiger partial charge in [0, 0.05) is 25.2 Å². The highest BCUT2D eigenvalue weighted by molar-refractivity contribution is 6.01. The summed E-state index contributed by atoms with van der Waals surface area (Å²) in [5.41, 5.74) is 4.52. The van der Waals surface area contributed by atoms with Gasteiger partial charge in [0.1, 0.15) is 0 Å². The largest absolute Gasteiger partial charge is 0.356 e. The molecule has 1 unspecified atom stereocenters. The van der Waals surface area contributed by atoms with E-state index in [1.165, 1.54) is 5.56 Å². The van der Waals surface area contributed by atoms with Gasteiger partial charge in [-0.1, -0.05) is 62.4 Å². The monoisotopic (exact) mass is 378 g/mol. The molecule has 28 heavy (non-hydrogen) atoms. The number of hydrogen-bond acceptors (Lipinski definition) is 2. The van der Waals surface area contributed by atoms with Crippen molar-refractivity contribution < 1.29 is 9.59 Å². The lowest BCUT2D eigenvalue weighted by Gasteiger charge is -2.24. The molecule has 4 nitrogen and oxygen atoms in total. The number of hydrogen-bond donors (Lipinski definition) is 1. The van der Waals surface area contributed by atoms with E-state index in [0.717, 1.165) is 29.7 Å². The highest BCUT2D eigenvalue weighted by Gasteiger charge is 2.36. The van der Waals surface area contributed by atoms with E-state index in [2.05, 4.69) is 37.4 Å². The second-order valence-corrected chi connectivity index (χ2v) is 7.95. The Morgan fingerprint density at radius 2 is 1.89 bits per heavy atom. The first-order valence-electron chi connectivity index (χ1n) is 10.2. The van der Waals surface area contributed by atoms with Crippen LogP contribution in [0.2, 0.25) is 0 Å². The molecule has 148 valence electrons. The summed E-state index contributed by atoms with van der Waals surface area (Å²) in [5.74, 6) is 0.0848. The van der Waals surface area contributed by atoms with Gasteiger partial charge in [-0.15, -0.1) is 0 Å². The van der Waals surface area contributed by atoms with Gasteiger partial charge in [0.05, 0.1) is 5.92 Å². The number of anilines is 1. The minimum atomic E-state index is -0.274. The van der Waals surface area contributed by atoms with E-state index in [1.54, 1.807) is 0 Å². The van der Waals surface area contributed by atoms with Crippen molar-refractivity contribution in [1.29, 1.82) is 0 Å². The van der Waals surface area contributed by atoms with Crippen molar-refractivity contribution >= 4 is 17.5 Å². The number of benzene rings is 2. The maximum absolute atomic E-state index is 12.7. The van der Waals surface area contributed by atoms with Crippen molar-refractivity contribution in [3.8, 4) is 0 Å². The molecule has 1 saturated heterocycles. The molecule has 4 heteroatoms. The number of carbonyl (C=O) groups is 2. The summed E-state index contributed by atoms with van der Waals surface area (Å²) in [4.78, 5) is 27.1. The van der Waals surface area contributed by atoms with Gasteiger partial charge in [0.2, 0.25) is 11.8 Å². The molecule has 1 atom stereocenters. The van der Waals surface area contributed by atoms with E-state index < -0.39 is 0 Å². The summed E-state index contributed by atoms with van der Waals surface area (Å²) >= 11 is 0. The molecule has 0 saturated carbocycles. The summed E-state index contributed by atoms with van der Waals surface area (Å²) < 4.78 is 0.